The van der Waals surface area contributed by atoms with Crippen molar-refractivity contribution >= 4 is 12.1 Å². The zero-order valence-electron chi connectivity index (χ0n) is 14.6. The summed E-state index contributed by atoms with van der Waals surface area (Å²) in [7, 11) is 1.57. The second kappa shape index (κ2) is 9.32. The predicted molar refractivity (Wildman–Crippen MR) is 96.6 cm³/mol. The first-order chi connectivity index (χ1) is 12.1. The minimum absolute atomic E-state index is 0.104. The van der Waals surface area contributed by atoms with E-state index in [4.69, 9.17) is 14.2 Å². The zero-order chi connectivity index (χ0) is 18.1. The van der Waals surface area contributed by atoms with Crippen LogP contribution in [0.2, 0.25) is 0 Å². The van der Waals surface area contributed by atoms with Gasteiger partial charge in [-0.1, -0.05) is 12.1 Å². The third-order valence-electron chi connectivity index (χ3n) is 3.25. The van der Waals surface area contributed by atoms with Gasteiger partial charge in [-0.2, -0.15) is 5.10 Å². The number of hydrogen-bond donors (Lipinski definition) is 1. The van der Waals surface area contributed by atoms with Gasteiger partial charge in [0.15, 0.2) is 18.1 Å². The molecule has 0 aliphatic rings. The second-order valence-corrected chi connectivity index (χ2v) is 5.24. The monoisotopic (exact) mass is 342 g/mol. The van der Waals surface area contributed by atoms with Crippen LogP contribution in [0.25, 0.3) is 0 Å². The van der Waals surface area contributed by atoms with Crippen LogP contribution in [0.15, 0.2) is 47.6 Å². The van der Waals surface area contributed by atoms with E-state index >= 15 is 0 Å². The van der Waals surface area contributed by atoms with Gasteiger partial charge in [-0.3, -0.25) is 4.79 Å². The van der Waals surface area contributed by atoms with E-state index in [9.17, 15) is 4.79 Å². The topological polar surface area (TPSA) is 69.2 Å². The molecule has 0 heterocycles. The Morgan fingerprint density at radius 1 is 1.16 bits per heavy atom. The van der Waals surface area contributed by atoms with Gasteiger partial charge in [-0.05, 0) is 55.3 Å². The van der Waals surface area contributed by atoms with E-state index in [-0.39, 0.29) is 12.5 Å². The zero-order valence-corrected chi connectivity index (χ0v) is 14.6. The van der Waals surface area contributed by atoms with Crippen molar-refractivity contribution in [2.45, 2.75) is 13.8 Å². The molecule has 0 aliphatic carbocycles. The highest BCUT2D eigenvalue weighted by Crippen LogP contribution is 2.27. The quantitative estimate of drug-likeness (QED) is 0.591. The molecule has 6 nitrogen and oxygen atoms in total. The molecule has 2 aromatic rings. The van der Waals surface area contributed by atoms with Crippen molar-refractivity contribution in [3.05, 3.63) is 53.6 Å². The summed E-state index contributed by atoms with van der Waals surface area (Å²) in [4.78, 5) is 11.8. The molecule has 0 atom stereocenters. The predicted octanol–water partition coefficient (Wildman–Crippen LogP) is 2.93. The molecule has 0 aromatic heterocycles. The Kier molecular flexibility index (Phi) is 6.83. The standard InChI is InChI=1S/C19H22N2O4/c1-4-24-17-9-8-15(11-18(17)23-3)12-20-21-19(22)13-25-16-7-5-6-14(2)10-16/h5-12H,4,13H2,1-3H3,(H,21,22)/b20-12-. The maximum absolute atomic E-state index is 11.8. The molecule has 0 unspecified atom stereocenters. The van der Waals surface area contributed by atoms with Crippen LogP contribution in [-0.2, 0) is 4.79 Å². The maximum Gasteiger partial charge on any atom is 0.277 e. The summed E-state index contributed by atoms with van der Waals surface area (Å²) in [6.45, 7) is 4.32. The van der Waals surface area contributed by atoms with Crippen molar-refractivity contribution < 1.29 is 19.0 Å². The van der Waals surface area contributed by atoms with E-state index in [1.165, 1.54) is 6.21 Å². The number of nitrogens with one attached hydrogen (secondary N) is 1. The first kappa shape index (κ1) is 18.3. The number of hydrazone groups is 1. The highest BCUT2D eigenvalue weighted by Gasteiger charge is 2.05. The largest absolute Gasteiger partial charge is 0.493 e. The molecule has 0 saturated carbocycles. The molecular formula is C19H22N2O4. The van der Waals surface area contributed by atoms with Gasteiger partial charge in [0.25, 0.3) is 5.91 Å². The summed E-state index contributed by atoms with van der Waals surface area (Å²) in [5.74, 6) is 1.59. The fourth-order valence-electron chi connectivity index (χ4n) is 2.10. The maximum atomic E-state index is 11.8. The SMILES string of the molecule is CCOc1ccc(/C=N\NC(=O)COc2cccc(C)c2)cc1OC. The summed E-state index contributed by atoms with van der Waals surface area (Å²) in [5.41, 5.74) is 4.27. The van der Waals surface area contributed by atoms with Crippen molar-refractivity contribution in [3.63, 3.8) is 0 Å². The summed E-state index contributed by atoms with van der Waals surface area (Å²) >= 11 is 0. The van der Waals surface area contributed by atoms with Crippen molar-refractivity contribution in [1.82, 2.24) is 5.43 Å². The lowest BCUT2D eigenvalue weighted by atomic mass is 10.2. The number of carbonyl (C=O) groups excluding carboxylic acids is 1. The van der Waals surface area contributed by atoms with Crippen molar-refractivity contribution in [2.24, 2.45) is 5.10 Å². The molecule has 25 heavy (non-hydrogen) atoms. The summed E-state index contributed by atoms with van der Waals surface area (Å²) in [5, 5.41) is 3.92. The Hall–Kier alpha value is -3.02. The third kappa shape index (κ3) is 5.84. The summed E-state index contributed by atoms with van der Waals surface area (Å²) in [6.07, 6.45) is 1.53. The number of carbonyl (C=O) groups is 1. The molecule has 0 radical (unpaired) electrons. The summed E-state index contributed by atoms with van der Waals surface area (Å²) in [6, 6.07) is 12.9. The Balaban J connectivity index is 1.86. The van der Waals surface area contributed by atoms with Gasteiger partial charge in [0.2, 0.25) is 0 Å². The Morgan fingerprint density at radius 3 is 2.72 bits per heavy atom. The number of aryl methyl sites for hydroxylation is 1. The van der Waals surface area contributed by atoms with Crippen LogP contribution in [0.1, 0.15) is 18.1 Å². The molecule has 0 aliphatic heterocycles. The molecule has 6 heteroatoms. The molecular weight excluding hydrogens is 320 g/mol. The lowest BCUT2D eigenvalue weighted by Crippen LogP contribution is -2.24. The van der Waals surface area contributed by atoms with E-state index in [2.05, 4.69) is 10.5 Å². The molecule has 0 fully saturated rings. The second-order valence-electron chi connectivity index (χ2n) is 5.24. The van der Waals surface area contributed by atoms with Gasteiger partial charge in [-0.25, -0.2) is 5.43 Å². The number of rotatable bonds is 8. The van der Waals surface area contributed by atoms with Crippen LogP contribution in [0.3, 0.4) is 0 Å². The van der Waals surface area contributed by atoms with E-state index in [1.807, 2.05) is 38.1 Å². The smallest absolute Gasteiger partial charge is 0.277 e. The normalized spacial score (nSPS) is 10.5. The van der Waals surface area contributed by atoms with Crippen LogP contribution in [0, 0.1) is 6.92 Å². The Bertz CT molecular complexity index is 744. The van der Waals surface area contributed by atoms with Crippen LogP contribution in [0.5, 0.6) is 17.2 Å². The molecule has 0 saturated heterocycles. The van der Waals surface area contributed by atoms with Crippen molar-refractivity contribution in [2.75, 3.05) is 20.3 Å². The average molecular weight is 342 g/mol. The molecule has 1 amide bonds. The molecule has 2 aromatic carbocycles. The highest BCUT2D eigenvalue weighted by molar-refractivity contribution is 5.83. The van der Waals surface area contributed by atoms with Crippen LogP contribution in [0.4, 0.5) is 0 Å². The van der Waals surface area contributed by atoms with Crippen LogP contribution in [-0.4, -0.2) is 32.4 Å². The fraction of sp³-hybridized carbons (Fsp3) is 0.263. The van der Waals surface area contributed by atoms with Crippen molar-refractivity contribution in [3.8, 4) is 17.2 Å². The van der Waals surface area contributed by atoms with E-state index in [0.29, 0.717) is 23.9 Å². The summed E-state index contributed by atoms with van der Waals surface area (Å²) < 4.78 is 16.1. The van der Waals surface area contributed by atoms with Crippen molar-refractivity contribution in [1.29, 1.82) is 0 Å². The van der Waals surface area contributed by atoms with Crippen LogP contribution < -0.4 is 19.6 Å². The van der Waals surface area contributed by atoms with Gasteiger partial charge in [0.05, 0.1) is 19.9 Å². The van der Waals surface area contributed by atoms with Gasteiger partial charge in [0, 0.05) is 0 Å². The number of ether oxygens (including phenoxy) is 3. The van der Waals surface area contributed by atoms with Crippen LogP contribution >= 0.6 is 0 Å². The third-order valence-corrected chi connectivity index (χ3v) is 3.25. The first-order valence-corrected chi connectivity index (χ1v) is 7.94. The molecule has 1 N–H and O–H groups in total. The van der Waals surface area contributed by atoms with E-state index in [0.717, 1.165) is 11.1 Å². The number of amides is 1. The lowest BCUT2D eigenvalue weighted by molar-refractivity contribution is -0.123. The Morgan fingerprint density at radius 2 is 2.00 bits per heavy atom. The van der Waals surface area contributed by atoms with Gasteiger partial charge in [-0.15, -0.1) is 0 Å². The lowest BCUT2D eigenvalue weighted by Gasteiger charge is -2.09. The molecule has 2 rings (SSSR count). The molecule has 0 bridgehead atoms. The van der Waals surface area contributed by atoms with Gasteiger partial charge < -0.3 is 14.2 Å². The highest BCUT2D eigenvalue weighted by atomic mass is 16.5. The first-order valence-electron chi connectivity index (χ1n) is 7.94. The number of hydrogen-bond acceptors (Lipinski definition) is 5. The van der Waals surface area contributed by atoms with E-state index < -0.39 is 0 Å². The molecule has 132 valence electrons. The Labute approximate surface area is 147 Å². The number of nitrogens with zero attached hydrogens (tertiary/aromatic N) is 1. The minimum atomic E-state index is -0.337. The van der Waals surface area contributed by atoms with Gasteiger partial charge in [0.1, 0.15) is 5.75 Å². The molecule has 0 spiro atoms. The number of methoxy groups -OCH3 is 1. The minimum Gasteiger partial charge on any atom is -0.493 e. The average Bonchev–Trinajstić information content (AvgIpc) is 2.61. The number of benzene rings is 2. The van der Waals surface area contributed by atoms with E-state index in [1.54, 1.807) is 25.3 Å². The fourth-order valence-corrected chi connectivity index (χ4v) is 2.10. The van der Waals surface area contributed by atoms with Gasteiger partial charge >= 0.3 is 0 Å².